The lowest BCUT2D eigenvalue weighted by atomic mass is 10.3. The molecule has 3 rings (SSSR count). The summed E-state index contributed by atoms with van der Waals surface area (Å²) in [5.41, 5.74) is 8.18. The van der Waals surface area contributed by atoms with Crippen LogP contribution in [-0.4, -0.2) is 20.9 Å². The molecule has 6 nitrogen and oxygen atoms in total. The fraction of sp³-hybridized carbons (Fsp3) is 0.176. The SMILES string of the molecule is CC(C)Oc1cccc(Nc2ncn(-c3ccc(N)cc3)n2)c1. The summed E-state index contributed by atoms with van der Waals surface area (Å²) in [5.74, 6) is 1.33. The van der Waals surface area contributed by atoms with E-state index in [1.165, 1.54) is 0 Å². The van der Waals surface area contributed by atoms with E-state index in [4.69, 9.17) is 10.5 Å². The summed E-state index contributed by atoms with van der Waals surface area (Å²) in [6.07, 6.45) is 1.79. The molecule has 0 amide bonds. The van der Waals surface area contributed by atoms with Gasteiger partial charge in [0, 0.05) is 17.4 Å². The van der Waals surface area contributed by atoms with Gasteiger partial charge in [0.2, 0.25) is 5.95 Å². The number of nitrogens with two attached hydrogens (primary N) is 1. The summed E-state index contributed by atoms with van der Waals surface area (Å²) in [6, 6.07) is 15.2. The van der Waals surface area contributed by atoms with E-state index in [0.29, 0.717) is 11.6 Å². The van der Waals surface area contributed by atoms with Gasteiger partial charge in [-0.05, 0) is 50.2 Å². The van der Waals surface area contributed by atoms with Crippen molar-refractivity contribution >= 4 is 17.3 Å². The Morgan fingerprint density at radius 1 is 1.13 bits per heavy atom. The minimum Gasteiger partial charge on any atom is -0.491 e. The van der Waals surface area contributed by atoms with E-state index in [2.05, 4.69) is 15.4 Å². The lowest BCUT2D eigenvalue weighted by Gasteiger charge is -2.10. The van der Waals surface area contributed by atoms with Crippen molar-refractivity contribution in [1.29, 1.82) is 0 Å². The second kappa shape index (κ2) is 6.39. The van der Waals surface area contributed by atoms with Gasteiger partial charge in [-0.2, -0.15) is 4.98 Å². The molecule has 0 fully saturated rings. The van der Waals surface area contributed by atoms with Gasteiger partial charge in [-0.15, -0.1) is 5.10 Å². The average molecular weight is 309 g/mol. The Kier molecular flexibility index (Phi) is 4.14. The summed E-state index contributed by atoms with van der Waals surface area (Å²) in [7, 11) is 0. The molecule has 1 heterocycles. The highest BCUT2D eigenvalue weighted by molar-refractivity contribution is 5.55. The highest BCUT2D eigenvalue weighted by Crippen LogP contribution is 2.21. The smallest absolute Gasteiger partial charge is 0.246 e. The molecule has 1 aromatic heterocycles. The minimum absolute atomic E-state index is 0.133. The fourth-order valence-corrected chi connectivity index (χ4v) is 2.12. The Balaban J connectivity index is 1.75. The van der Waals surface area contributed by atoms with Crippen LogP contribution in [0.25, 0.3) is 5.69 Å². The molecule has 3 N–H and O–H groups in total. The molecule has 0 saturated carbocycles. The second-order valence-electron chi connectivity index (χ2n) is 5.42. The second-order valence-corrected chi connectivity index (χ2v) is 5.42. The molecule has 2 aromatic carbocycles. The Labute approximate surface area is 134 Å². The highest BCUT2D eigenvalue weighted by atomic mass is 16.5. The maximum Gasteiger partial charge on any atom is 0.246 e. The molecular formula is C17H19N5O. The molecule has 3 aromatic rings. The van der Waals surface area contributed by atoms with Gasteiger partial charge in [0.15, 0.2) is 0 Å². The first kappa shape index (κ1) is 14.9. The van der Waals surface area contributed by atoms with E-state index in [9.17, 15) is 0 Å². The van der Waals surface area contributed by atoms with Crippen molar-refractivity contribution in [2.24, 2.45) is 0 Å². The van der Waals surface area contributed by atoms with E-state index >= 15 is 0 Å². The first-order valence-electron chi connectivity index (χ1n) is 7.41. The molecule has 6 heteroatoms. The number of hydrogen-bond acceptors (Lipinski definition) is 5. The molecule has 0 aliphatic rings. The number of nitrogens with zero attached hydrogens (tertiary/aromatic N) is 3. The van der Waals surface area contributed by atoms with Crippen molar-refractivity contribution in [2.45, 2.75) is 20.0 Å². The van der Waals surface area contributed by atoms with Crippen LogP contribution in [0, 0.1) is 0 Å². The van der Waals surface area contributed by atoms with E-state index < -0.39 is 0 Å². The van der Waals surface area contributed by atoms with E-state index in [1.54, 1.807) is 11.0 Å². The van der Waals surface area contributed by atoms with Crippen molar-refractivity contribution in [2.75, 3.05) is 11.1 Å². The van der Waals surface area contributed by atoms with Crippen LogP contribution in [0.1, 0.15) is 13.8 Å². The van der Waals surface area contributed by atoms with E-state index in [0.717, 1.165) is 17.1 Å². The van der Waals surface area contributed by atoms with Gasteiger partial charge < -0.3 is 15.8 Å². The maximum absolute atomic E-state index is 5.69. The quantitative estimate of drug-likeness (QED) is 0.706. The van der Waals surface area contributed by atoms with Crippen LogP contribution >= 0.6 is 0 Å². The van der Waals surface area contributed by atoms with Crippen molar-refractivity contribution < 1.29 is 4.74 Å². The van der Waals surface area contributed by atoms with Crippen molar-refractivity contribution in [3.8, 4) is 11.4 Å². The standard InChI is InChI=1S/C17H19N5O/c1-12(2)23-16-5-3-4-14(10-16)20-17-19-11-22(21-17)15-8-6-13(18)7-9-15/h3-12H,18H2,1-2H3,(H,20,21). The number of anilines is 3. The fourth-order valence-electron chi connectivity index (χ4n) is 2.12. The zero-order valence-electron chi connectivity index (χ0n) is 13.1. The van der Waals surface area contributed by atoms with Gasteiger partial charge >= 0.3 is 0 Å². The van der Waals surface area contributed by atoms with E-state index in [-0.39, 0.29) is 6.10 Å². The maximum atomic E-state index is 5.69. The first-order valence-corrected chi connectivity index (χ1v) is 7.41. The average Bonchev–Trinajstić information content (AvgIpc) is 2.96. The van der Waals surface area contributed by atoms with Crippen molar-refractivity contribution in [3.05, 3.63) is 54.9 Å². The summed E-state index contributed by atoms with van der Waals surface area (Å²) in [6.45, 7) is 3.99. The lowest BCUT2D eigenvalue weighted by molar-refractivity contribution is 0.242. The third-order valence-corrected chi connectivity index (χ3v) is 3.11. The molecule has 0 aliphatic heterocycles. The highest BCUT2D eigenvalue weighted by Gasteiger charge is 2.05. The van der Waals surface area contributed by atoms with Gasteiger partial charge in [-0.3, -0.25) is 0 Å². The summed E-state index contributed by atoms with van der Waals surface area (Å²) < 4.78 is 7.37. The predicted octanol–water partition coefficient (Wildman–Crippen LogP) is 3.38. The molecule has 0 spiro atoms. The Morgan fingerprint density at radius 2 is 1.91 bits per heavy atom. The molecule has 0 bridgehead atoms. The Morgan fingerprint density at radius 3 is 2.65 bits per heavy atom. The molecule has 118 valence electrons. The number of hydrogen-bond donors (Lipinski definition) is 2. The number of aromatic nitrogens is 3. The van der Waals surface area contributed by atoms with Gasteiger partial charge in [-0.1, -0.05) is 6.07 Å². The molecule has 23 heavy (non-hydrogen) atoms. The summed E-state index contributed by atoms with van der Waals surface area (Å²) in [4.78, 5) is 4.27. The molecule has 0 atom stereocenters. The number of nitrogen functional groups attached to an aromatic ring is 1. The molecule has 0 saturated heterocycles. The lowest BCUT2D eigenvalue weighted by Crippen LogP contribution is -2.05. The monoisotopic (exact) mass is 309 g/mol. The van der Waals surface area contributed by atoms with Crippen LogP contribution in [0.3, 0.4) is 0 Å². The normalized spacial score (nSPS) is 10.7. The number of nitrogens with one attached hydrogen (secondary N) is 1. The van der Waals surface area contributed by atoms with Gasteiger partial charge in [0.1, 0.15) is 12.1 Å². The van der Waals surface area contributed by atoms with Gasteiger partial charge in [0.25, 0.3) is 0 Å². The number of rotatable bonds is 5. The van der Waals surface area contributed by atoms with Gasteiger partial charge in [0.05, 0.1) is 11.8 Å². The zero-order chi connectivity index (χ0) is 16.2. The van der Waals surface area contributed by atoms with Crippen molar-refractivity contribution in [3.63, 3.8) is 0 Å². The predicted molar refractivity (Wildman–Crippen MR) is 91.3 cm³/mol. The molecular weight excluding hydrogens is 290 g/mol. The van der Waals surface area contributed by atoms with Crippen molar-refractivity contribution in [1.82, 2.24) is 14.8 Å². The minimum atomic E-state index is 0.133. The summed E-state index contributed by atoms with van der Waals surface area (Å²) in [5, 5.41) is 7.58. The topological polar surface area (TPSA) is 78.0 Å². The van der Waals surface area contributed by atoms with Gasteiger partial charge in [-0.25, -0.2) is 4.68 Å². The van der Waals surface area contributed by atoms with E-state index in [1.807, 2.05) is 62.4 Å². The Hall–Kier alpha value is -3.02. The van der Waals surface area contributed by atoms with Crippen LogP contribution in [0.4, 0.5) is 17.3 Å². The third kappa shape index (κ3) is 3.79. The molecule has 0 aliphatic carbocycles. The number of ether oxygens (including phenoxy) is 1. The van der Waals surface area contributed by atoms with Crippen LogP contribution in [0.2, 0.25) is 0 Å². The molecule has 0 unspecified atom stereocenters. The largest absolute Gasteiger partial charge is 0.491 e. The summed E-state index contributed by atoms with van der Waals surface area (Å²) >= 11 is 0. The molecule has 0 radical (unpaired) electrons. The zero-order valence-corrected chi connectivity index (χ0v) is 13.1. The van der Waals surface area contributed by atoms with Crippen LogP contribution in [-0.2, 0) is 0 Å². The number of benzene rings is 2. The van der Waals surface area contributed by atoms with Crippen LogP contribution in [0.15, 0.2) is 54.9 Å². The van der Waals surface area contributed by atoms with Crippen LogP contribution in [0.5, 0.6) is 5.75 Å². The Bertz CT molecular complexity index is 780. The first-order chi connectivity index (χ1) is 11.1. The third-order valence-electron chi connectivity index (χ3n) is 3.11. The van der Waals surface area contributed by atoms with Crippen LogP contribution < -0.4 is 15.8 Å².